The second kappa shape index (κ2) is 9.24. The van der Waals surface area contributed by atoms with Crippen molar-refractivity contribution in [2.45, 2.75) is 97.7 Å². The van der Waals surface area contributed by atoms with E-state index in [9.17, 15) is 10.2 Å². The Morgan fingerprint density at radius 1 is 0.818 bits per heavy atom. The Balaban J connectivity index is 2.21. The van der Waals surface area contributed by atoms with E-state index < -0.39 is 0 Å². The first-order valence-corrected chi connectivity index (χ1v) is 9.15. The Hall–Kier alpha value is -0.120. The van der Waals surface area contributed by atoms with E-state index in [0.29, 0.717) is 12.2 Å². The number of aliphatic hydroxyl groups excluding tert-OH is 2. The summed E-state index contributed by atoms with van der Waals surface area (Å²) in [7, 11) is 0. The summed E-state index contributed by atoms with van der Waals surface area (Å²) in [6, 6.07) is 0. The minimum Gasteiger partial charge on any atom is -0.396 e. The topological polar surface area (TPSA) is 49.7 Å². The highest BCUT2D eigenvalue weighted by molar-refractivity contribution is 4.75. The minimum atomic E-state index is 0.0456. The Labute approximate surface area is 137 Å². The molecule has 1 aliphatic heterocycles. The first-order chi connectivity index (χ1) is 10.3. The van der Waals surface area contributed by atoms with Gasteiger partial charge in [-0.25, -0.2) is 0 Å². The maximum atomic E-state index is 9.31. The van der Waals surface area contributed by atoms with Crippen molar-refractivity contribution in [3.8, 4) is 0 Å². The van der Waals surface area contributed by atoms with E-state index in [-0.39, 0.29) is 24.0 Å². The fraction of sp³-hybridized carbons (Fsp3) is 1.00. The van der Waals surface area contributed by atoms with Crippen molar-refractivity contribution in [2.75, 3.05) is 13.2 Å². The van der Waals surface area contributed by atoms with Gasteiger partial charge in [0.2, 0.25) is 0 Å². The van der Waals surface area contributed by atoms with Crippen molar-refractivity contribution in [1.29, 1.82) is 0 Å². The van der Waals surface area contributed by atoms with Crippen molar-refractivity contribution in [3.63, 3.8) is 0 Å². The van der Waals surface area contributed by atoms with E-state index in [4.69, 9.17) is 4.74 Å². The highest BCUT2D eigenvalue weighted by atomic mass is 16.5. The lowest BCUT2D eigenvalue weighted by atomic mass is 9.86. The number of ether oxygens (including phenoxy) is 1. The molecule has 0 aliphatic carbocycles. The fourth-order valence-corrected chi connectivity index (χ4v) is 3.18. The van der Waals surface area contributed by atoms with Crippen LogP contribution in [0, 0.1) is 10.8 Å². The molecule has 1 saturated heterocycles. The molecule has 1 rings (SSSR count). The number of hydrogen-bond donors (Lipinski definition) is 2. The van der Waals surface area contributed by atoms with E-state index in [1.807, 2.05) is 0 Å². The van der Waals surface area contributed by atoms with Gasteiger partial charge in [0, 0.05) is 13.2 Å². The molecular weight excluding hydrogens is 276 g/mol. The van der Waals surface area contributed by atoms with Gasteiger partial charge in [0.25, 0.3) is 0 Å². The van der Waals surface area contributed by atoms with Crippen LogP contribution in [0.15, 0.2) is 0 Å². The molecule has 3 nitrogen and oxygen atoms in total. The SMILES string of the molecule is CC(C)(CO)CCC[C@H]1CCC[C@@H](CCCC(C)(C)CO)O1. The first-order valence-electron chi connectivity index (χ1n) is 9.15. The third kappa shape index (κ3) is 7.94. The zero-order valence-electron chi connectivity index (χ0n) is 15.2. The molecule has 2 atom stereocenters. The second-order valence-electron chi connectivity index (χ2n) is 8.74. The second-order valence-corrected chi connectivity index (χ2v) is 8.74. The van der Waals surface area contributed by atoms with E-state index in [0.717, 1.165) is 38.5 Å². The summed E-state index contributed by atoms with van der Waals surface area (Å²) in [5.41, 5.74) is 0.0912. The smallest absolute Gasteiger partial charge is 0.0579 e. The van der Waals surface area contributed by atoms with Crippen molar-refractivity contribution in [1.82, 2.24) is 0 Å². The van der Waals surface area contributed by atoms with Crippen molar-refractivity contribution >= 4 is 0 Å². The average molecular weight is 315 g/mol. The van der Waals surface area contributed by atoms with Crippen LogP contribution in [0.25, 0.3) is 0 Å². The maximum Gasteiger partial charge on any atom is 0.0579 e. The van der Waals surface area contributed by atoms with Crippen LogP contribution in [0.3, 0.4) is 0 Å². The molecule has 132 valence electrons. The molecule has 0 aromatic heterocycles. The van der Waals surface area contributed by atoms with Crippen LogP contribution >= 0.6 is 0 Å². The molecule has 0 radical (unpaired) electrons. The average Bonchev–Trinajstić information content (AvgIpc) is 2.47. The van der Waals surface area contributed by atoms with Crippen LogP contribution in [0.5, 0.6) is 0 Å². The van der Waals surface area contributed by atoms with Gasteiger partial charge in [-0.05, 0) is 55.8 Å². The summed E-state index contributed by atoms with van der Waals surface area (Å²) in [5.74, 6) is 0. The Morgan fingerprint density at radius 3 is 1.59 bits per heavy atom. The monoisotopic (exact) mass is 314 g/mol. The molecule has 0 aromatic rings. The molecule has 1 aliphatic rings. The van der Waals surface area contributed by atoms with Gasteiger partial charge in [0.1, 0.15) is 0 Å². The number of aliphatic hydroxyl groups is 2. The molecule has 1 heterocycles. The van der Waals surface area contributed by atoms with Crippen molar-refractivity contribution < 1.29 is 14.9 Å². The Kier molecular flexibility index (Phi) is 8.37. The van der Waals surface area contributed by atoms with Gasteiger partial charge in [-0.2, -0.15) is 0 Å². The van der Waals surface area contributed by atoms with E-state index in [1.165, 1.54) is 19.3 Å². The molecule has 0 saturated carbocycles. The number of rotatable bonds is 10. The summed E-state index contributed by atoms with van der Waals surface area (Å²) in [4.78, 5) is 0. The lowest BCUT2D eigenvalue weighted by Crippen LogP contribution is -2.28. The van der Waals surface area contributed by atoms with Crippen molar-refractivity contribution in [2.24, 2.45) is 10.8 Å². The van der Waals surface area contributed by atoms with Crippen LogP contribution in [-0.2, 0) is 4.74 Å². The van der Waals surface area contributed by atoms with E-state index in [2.05, 4.69) is 27.7 Å². The normalized spacial score (nSPS) is 23.7. The van der Waals surface area contributed by atoms with Gasteiger partial charge < -0.3 is 14.9 Å². The van der Waals surface area contributed by atoms with Gasteiger partial charge in [-0.1, -0.05) is 40.5 Å². The zero-order chi connectivity index (χ0) is 16.6. The molecule has 0 spiro atoms. The summed E-state index contributed by atoms with van der Waals surface area (Å²) in [5, 5.41) is 18.6. The Bertz CT molecular complexity index is 271. The molecular formula is C19H38O3. The van der Waals surface area contributed by atoms with E-state index in [1.54, 1.807) is 0 Å². The van der Waals surface area contributed by atoms with Gasteiger partial charge in [-0.15, -0.1) is 0 Å². The summed E-state index contributed by atoms with van der Waals surface area (Å²) in [6.45, 7) is 9.03. The van der Waals surface area contributed by atoms with Crippen LogP contribution < -0.4 is 0 Å². The van der Waals surface area contributed by atoms with Gasteiger partial charge in [0.15, 0.2) is 0 Å². The summed E-state index contributed by atoms with van der Waals surface area (Å²) in [6.07, 6.45) is 11.2. The van der Waals surface area contributed by atoms with Crippen LogP contribution in [0.4, 0.5) is 0 Å². The van der Waals surface area contributed by atoms with Crippen LogP contribution in [-0.4, -0.2) is 35.6 Å². The third-order valence-corrected chi connectivity index (χ3v) is 5.05. The lowest BCUT2D eigenvalue weighted by molar-refractivity contribution is -0.0599. The quantitative estimate of drug-likeness (QED) is 0.632. The maximum absolute atomic E-state index is 9.31. The molecule has 1 fully saturated rings. The lowest BCUT2D eigenvalue weighted by Gasteiger charge is -2.32. The molecule has 0 aromatic carbocycles. The fourth-order valence-electron chi connectivity index (χ4n) is 3.18. The highest BCUT2D eigenvalue weighted by Crippen LogP contribution is 2.30. The third-order valence-electron chi connectivity index (χ3n) is 5.05. The molecule has 0 amide bonds. The predicted octanol–water partition coefficient (Wildman–Crippen LogP) is 4.30. The van der Waals surface area contributed by atoms with Gasteiger partial charge >= 0.3 is 0 Å². The van der Waals surface area contributed by atoms with E-state index >= 15 is 0 Å². The number of hydrogen-bond acceptors (Lipinski definition) is 3. The molecule has 2 N–H and O–H groups in total. The summed E-state index contributed by atoms with van der Waals surface area (Å²) < 4.78 is 6.26. The van der Waals surface area contributed by atoms with Crippen LogP contribution in [0.2, 0.25) is 0 Å². The molecule has 0 bridgehead atoms. The summed E-state index contributed by atoms with van der Waals surface area (Å²) >= 11 is 0. The molecule has 0 unspecified atom stereocenters. The predicted molar refractivity (Wildman–Crippen MR) is 91.9 cm³/mol. The largest absolute Gasteiger partial charge is 0.396 e. The van der Waals surface area contributed by atoms with Crippen molar-refractivity contribution in [3.05, 3.63) is 0 Å². The molecule has 22 heavy (non-hydrogen) atoms. The first kappa shape index (κ1) is 19.9. The van der Waals surface area contributed by atoms with Gasteiger partial charge in [0.05, 0.1) is 12.2 Å². The highest BCUT2D eigenvalue weighted by Gasteiger charge is 2.24. The van der Waals surface area contributed by atoms with Crippen LogP contribution in [0.1, 0.15) is 85.5 Å². The van der Waals surface area contributed by atoms with Gasteiger partial charge in [-0.3, -0.25) is 0 Å². The Morgan fingerprint density at radius 2 is 1.23 bits per heavy atom. The standard InChI is InChI=1S/C19H38O3/c1-18(2,14-20)12-6-10-16-8-5-9-17(22-16)11-7-13-19(3,4)15-21/h16-17,20-21H,5-15H2,1-4H3/t16-,17+. The zero-order valence-corrected chi connectivity index (χ0v) is 15.2. The molecule has 3 heteroatoms. The minimum absolute atomic E-state index is 0.0456.